The Balaban J connectivity index is 2.35. The van der Waals surface area contributed by atoms with Crippen LogP contribution in [-0.2, 0) is 4.74 Å². The number of hydrogen-bond donors (Lipinski definition) is 1. The lowest BCUT2D eigenvalue weighted by Crippen LogP contribution is -2.49. The lowest BCUT2D eigenvalue weighted by Gasteiger charge is -2.38. The zero-order valence-electron chi connectivity index (χ0n) is 8.22. The van der Waals surface area contributed by atoms with E-state index in [0.717, 1.165) is 13.0 Å². The SMILES string of the molecule is COCCC1(C)NC(C)CCS1. The number of rotatable bonds is 3. The van der Waals surface area contributed by atoms with Crippen molar-refractivity contribution in [2.24, 2.45) is 0 Å². The second kappa shape index (κ2) is 4.49. The molecule has 0 aromatic heterocycles. The summed E-state index contributed by atoms with van der Waals surface area (Å²) >= 11 is 2.02. The van der Waals surface area contributed by atoms with E-state index in [1.807, 2.05) is 11.8 Å². The molecule has 2 unspecified atom stereocenters. The molecule has 0 spiro atoms. The van der Waals surface area contributed by atoms with Gasteiger partial charge in [0.25, 0.3) is 0 Å². The van der Waals surface area contributed by atoms with Crippen molar-refractivity contribution >= 4 is 11.8 Å². The van der Waals surface area contributed by atoms with Gasteiger partial charge in [-0.05, 0) is 32.4 Å². The van der Waals surface area contributed by atoms with E-state index in [9.17, 15) is 0 Å². The summed E-state index contributed by atoms with van der Waals surface area (Å²) in [6.45, 7) is 5.38. The molecule has 0 aliphatic carbocycles. The molecule has 1 N–H and O–H groups in total. The molecule has 1 rings (SSSR count). The summed E-state index contributed by atoms with van der Waals surface area (Å²) in [6.07, 6.45) is 2.38. The molecule has 72 valence electrons. The van der Waals surface area contributed by atoms with Gasteiger partial charge in [0.05, 0.1) is 4.87 Å². The predicted molar refractivity (Wildman–Crippen MR) is 54.6 cm³/mol. The smallest absolute Gasteiger partial charge is 0.0640 e. The number of nitrogens with one attached hydrogen (secondary N) is 1. The van der Waals surface area contributed by atoms with Gasteiger partial charge in [-0.3, -0.25) is 0 Å². The Morgan fingerprint density at radius 1 is 1.67 bits per heavy atom. The molecule has 1 heterocycles. The number of thioether (sulfide) groups is 1. The first-order chi connectivity index (χ1) is 5.66. The van der Waals surface area contributed by atoms with Crippen LogP contribution in [0.5, 0.6) is 0 Å². The Hall–Kier alpha value is 0.270. The molecule has 0 amide bonds. The van der Waals surface area contributed by atoms with Gasteiger partial charge in [0, 0.05) is 19.8 Å². The molecule has 0 saturated carbocycles. The summed E-state index contributed by atoms with van der Waals surface area (Å²) in [5.41, 5.74) is 0. The minimum atomic E-state index is 0.244. The van der Waals surface area contributed by atoms with Crippen LogP contribution in [-0.4, -0.2) is 30.4 Å². The highest BCUT2D eigenvalue weighted by Crippen LogP contribution is 2.31. The highest BCUT2D eigenvalue weighted by atomic mass is 32.2. The zero-order valence-corrected chi connectivity index (χ0v) is 9.04. The largest absolute Gasteiger partial charge is 0.385 e. The first-order valence-corrected chi connectivity index (χ1v) is 5.55. The van der Waals surface area contributed by atoms with E-state index in [1.165, 1.54) is 12.2 Å². The Morgan fingerprint density at radius 2 is 2.42 bits per heavy atom. The average molecular weight is 189 g/mol. The van der Waals surface area contributed by atoms with E-state index in [4.69, 9.17) is 4.74 Å². The van der Waals surface area contributed by atoms with Gasteiger partial charge in [0.15, 0.2) is 0 Å². The highest BCUT2D eigenvalue weighted by molar-refractivity contribution is 8.00. The van der Waals surface area contributed by atoms with Crippen molar-refractivity contribution in [3.8, 4) is 0 Å². The Bertz CT molecular complexity index is 142. The third kappa shape index (κ3) is 2.96. The van der Waals surface area contributed by atoms with Crippen LogP contribution in [0.15, 0.2) is 0 Å². The van der Waals surface area contributed by atoms with Crippen molar-refractivity contribution in [3.05, 3.63) is 0 Å². The molecule has 1 aliphatic rings. The van der Waals surface area contributed by atoms with Crippen molar-refractivity contribution in [1.82, 2.24) is 5.32 Å². The predicted octanol–water partition coefficient (Wildman–Crippen LogP) is 1.85. The molecule has 0 bridgehead atoms. The summed E-state index contributed by atoms with van der Waals surface area (Å²) in [7, 11) is 1.76. The summed E-state index contributed by atoms with van der Waals surface area (Å²) in [4.78, 5) is 0.244. The van der Waals surface area contributed by atoms with Crippen LogP contribution in [0.1, 0.15) is 26.7 Å². The molecule has 1 fully saturated rings. The topological polar surface area (TPSA) is 21.3 Å². The van der Waals surface area contributed by atoms with Crippen molar-refractivity contribution in [1.29, 1.82) is 0 Å². The molecule has 2 atom stereocenters. The van der Waals surface area contributed by atoms with E-state index in [1.54, 1.807) is 7.11 Å². The van der Waals surface area contributed by atoms with Crippen molar-refractivity contribution in [2.75, 3.05) is 19.5 Å². The molecule has 0 radical (unpaired) electrons. The number of methoxy groups -OCH3 is 1. The van der Waals surface area contributed by atoms with Crippen LogP contribution in [0, 0.1) is 0 Å². The van der Waals surface area contributed by atoms with Gasteiger partial charge < -0.3 is 10.1 Å². The van der Waals surface area contributed by atoms with E-state index < -0.39 is 0 Å². The second-order valence-electron chi connectivity index (χ2n) is 3.66. The summed E-state index contributed by atoms with van der Waals surface area (Å²) in [5.74, 6) is 1.27. The average Bonchev–Trinajstić information content (AvgIpc) is 2.01. The first kappa shape index (κ1) is 10.4. The van der Waals surface area contributed by atoms with Crippen LogP contribution in [0.4, 0.5) is 0 Å². The van der Waals surface area contributed by atoms with E-state index in [-0.39, 0.29) is 4.87 Å². The number of ether oxygens (including phenoxy) is 1. The normalized spacial score (nSPS) is 36.8. The van der Waals surface area contributed by atoms with Gasteiger partial charge in [-0.2, -0.15) is 0 Å². The van der Waals surface area contributed by atoms with Gasteiger partial charge in [-0.25, -0.2) is 0 Å². The fraction of sp³-hybridized carbons (Fsp3) is 1.00. The lowest BCUT2D eigenvalue weighted by atomic mass is 10.1. The van der Waals surface area contributed by atoms with Crippen LogP contribution < -0.4 is 5.32 Å². The first-order valence-electron chi connectivity index (χ1n) is 4.57. The van der Waals surface area contributed by atoms with Crippen LogP contribution in [0.3, 0.4) is 0 Å². The summed E-state index contributed by atoms with van der Waals surface area (Å²) in [5, 5.41) is 3.61. The molecule has 2 nitrogen and oxygen atoms in total. The Labute approximate surface area is 79.4 Å². The highest BCUT2D eigenvalue weighted by Gasteiger charge is 2.29. The van der Waals surface area contributed by atoms with Crippen molar-refractivity contribution in [2.45, 2.75) is 37.6 Å². The maximum absolute atomic E-state index is 5.09. The van der Waals surface area contributed by atoms with Crippen LogP contribution >= 0.6 is 11.8 Å². The lowest BCUT2D eigenvalue weighted by molar-refractivity contribution is 0.176. The summed E-state index contributed by atoms with van der Waals surface area (Å²) < 4.78 is 5.09. The van der Waals surface area contributed by atoms with Gasteiger partial charge in [0.1, 0.15) is 0 Å². The van der Waals surface area contributed by atoms with E-state index in [2.05, 4.69) is 19.2 Å². The third-order valence-corrected chi connectivity index (χ3v) is 3.71. The maximum Gasteiger partial charge on any atom is 0.0640 e. The van der Waals surface area contributed by atoms with Gasteiger partial charge in [-0.15, -0.1) is 11.8 Å². The number of hydrogen-bond acceptors (Lipinski definition) is 3. The Kier molecular flexibility index (Phi) is 3.87. The molecule has 0 aromatic rings. The van der Waals surface area contributed by atoms with Gasteiger partial charge in [-0.1, -0.05) is 0 Å². The van der Waals surface area contributed by atoms with E-state index in [0.29, 0.717) is 6.04 Å². The van der Waals surface area contributed by atoms with Crippen LogP contribution in [0.2, 0.25) is 0 Å². The fourth-order valence-corrected chi connectivity index (χ4v) is 2.97. The maximum atomic E-state index is 5.09. The summed E-state index contributed by atoms with van der Waals surface area (Å²) in [6, 6.07) is 0.660. The van der Waals surface area contributed by atoms with Crippen LogP contribution in [0.25, 0.3) is 0 Å². The second-order valence-corrected chi connectivity index (χ2v) is 5.25. The minimum Gasteiger partial charge on any atom is -0.385 e. The standard InChI is InChI=1S/C9H19NOS/c1-8-4-7-12-9(2,10-8)5-6-11-3/h8,10H,4-7H2,1-3H3. The quantitative estimate of drug-likeness (QED) is 0.732. The van der Waals surface area contributed by atoms with Gasteiger partial charge >= 0.3 is 0 Å². The fourth-order valence-electron chi connectivity index (χ4n) is 1.54. The monoisotopic (exact) mass is 189 g/mol. The minimum absolute atomic E-state index is 0.244. The zero-order chi connectivity index (χ0) is 9.03. The van der Waals surface area contributed by atoms with E-state index >= 15 is 0 Å². The van der Waals surface area contributed by atoms with Crippen molar-refractivity contribution in [3.63, 3.8) is 0 Å². The third-order valence-electron chi connectivity index (χ3n) is 2.31. The molecule has 3 heteroatoms. The molecule has 12 heavy (non-hydrogen) atoms. The molecular weight excluding hydrogens is 170 g/mol. The molecule has 1 aliphatic heterocycles. The molecule has 0 aromatic carbocycles. The molecule has 1 saturated heterocycles. The van der Waals surface area contributed by atoms with Gasteiger partial charge in [0.2, 0.25) is 0 Å². The van der Waals surface area contributed by atoms with Crippen molar-refractivity contribution < 1.29 is 4.74 Å². The Morgan fingerprint density at radius 3 is 3.00 bits per heavy atom. The molecular formula is C9H19NOS.